The van der Waals surface area contributed by atoms with Crippen molar-refractivity contribution in [1.29, 1.82) is 0 Å². The standard InChI is InChI=1S/C34H41N3O5/c1-7-37-32-9-8-24(25-12-23(14-27(40)15-25)13-26(19-38)35-5)16-29(32)30(17-34(3,4)20-42-21-39)33(37)31-18-36-11-10-28(31)22(2)41-6/h8-12,14-16,18-19,21-22,26,35,40H,7,13,17,20H2,1-6H3. The molecule has 0 aliphatic rings. The van der Waals surface area contributed by atoms with Crippen LogP contribution in [0, 0.1) is 5.41 Å². The second kappa shape index (κ2) is 13.3. The minimum Gasteiger partial charge on any atom is -0.508 e. The van der Waals surface area contributed by atoms with E-state index in [0.717, 1.165) is 62.8 Å². The number of phenols is 1. The van der Waals surface area contributed by atoms with Gasteiger partial charge < -0.3 is 29.3 Å². The number of pyridine rings is 1. The first-order valence-corrected chi connectivity index (χ1v) is 14.3. The number of methoxy groups -OCH3 is 1. The molecule has 222 valence electrons. The van der Waals surface area contributed by atoms with Crippen LogP contribution in [0.25, 0.3) is 33.3 Å². The lowest BCUT2D eigenvalue weighted by Crippen LogP contribution is -2.28. The summed E-state index contributed by atoms with van der Waals surface area (Å²) in [5.41, 5.74) is 7.65. The summed E-state index contributed by atoms with van der Waals surface area (Å²) in [5.74, 6) is 0.149. The van der Waals surface area contributed by atoms with Crippen molar-refractivity contribution in [2.24, 2.45) is 5.41 Å². The molecule has 0 radical (unpaired) electrons. The summed E-state index contributed by atoms with van der Waals surface area (Å²) in [5, 5.41) is 14.7. The fraction of sp³-hybridized carbons (Fsp3) is 0.382. The van der Waals surface area contributed by atoms with Crippen molar-refractivity contribution in [3.63, 3.8) is 0 Å². The normalized spacial score (nSPS) is 13.2. The SMILES string of the molecule is CCn1c(-c2cnccc2C(C)OC)c(CC(C)(C)COC=O)c2cc(-c3cc(O)cc(CC(C=O)NC)c3)ccc21. The molecule has 2 N–H and O–H groups in total. The third-order valence-electron chi connectivity index (χ3n) is 7.88. The van der Waals surface area contributed by atoms with Crippen LogP contribution < -0.4 is 5.32 Å². The molecular formula is C34H41N3O5. The van der Waals surface area contributed by atoms with Crippen molar-refractivity contribution in [1.82, 2.24) is 14.9 Å². The molecule has 42 heavy (non-hydrogen) atoms. The van der Waals surface area contributed by atoms with E-state index in [2.05, 4.69) is 53.8 Å². The van der Waals surface area contributed by atoms with Crippen molar-refractivity contribution < 1.29 is 24.2 Å². The molecule has 4 rings (SSSR count). The van der Waals surface area contributed by atoms with Crippen molar-refractivity contribution in [3.8, 4) is 28.1 Å². The van der Waals surface area contributed by atoms with Gasteiger partial charge in [-0.25, -0.2) is 0 Å². The number of phenolic OH excluding ortho intramolecular Hbond substituents is 1. The lowest BCUT2D eigenvalue weighted by atomic mass is 9.84. The van der Waals surface area contributed by atoms with E-state index in [1.54, 1.807) is 32.5 Å². The highest BCUT2D eigenvalue weighted by Gasteiger charge is 2.28. The highest BCUT2D eigenvalue weighted by molar-refractivity contribution is 5.95. The topological polar surface area (TPSA) is 103 Å². The average molecular weight is 572 g/mol. The first-order valence-electron chi connectivity index (χ1n) is 14.3. The maximum Gasteiger partial charge on any atom is 0.293 e. The van der Waals surface area contributed by atoms with Gasteiger partial charge >= 0.3 is 0 Å². The summed E-state index contributed by atoms with van der Waals surface area (Å²) in [6, 6.07) is 13.5. The molecule has 0 fully saturated rings. The zero-order valence-electron chi connectivity index (χ0n) is 25.3. The Balaban J connectivity index is 1.97. The van der Waals surface area contributed by atoms with Crippen LogP contribution in [0.15, 0.2) is 54.9 Å². The van der Waals surface area contributed by atoms with Gasteiger partial charge in [0.15, 0.2) is 0 Å². The van der Waals surface area contributed by atoms with E-state index in [9.17, 15) is 14.7 Å². The number of hydrogen-bond donors (Lipinski definition) is 2. The minimum atomic E-state index is -0.344. The number of benzene rings is 2. The maximum atomic E-state index is 11.4. The molecule has 0 bridgehead atoms. The molecule has 0 saturated heterocycles. The van der Waals surface area contributed by atoms with Crippen LogP contribution in [0.5, 0.6) is 5.75 Å². The molecular weight excluding hydrogens is 530 g/mol. The summed E-state index contributed by atoms with van der Waals surface area (Å²) in [4.78, 5) is 27.0. The number of rotatable bonds is 14. The Morgan fingerprint density at radius 3 is 2.57 bits per heavy atom. The molecule has 2 atom stereocenters. The van der Waals surface area contributed by atoms with Gasteiger partial charge in [0, 0.05) is 47.9 Å². The highest BCUT2D eigenvalue weighted by atomic mass is 16.5. The number of likely N-dealkylation sites (N-methyl/N-ethyl adjacent to an activating group) is 1. The number of nitrogens with zero attached hydrogens (tertiary/aromatic N) is 2. The largest absolute Gasteiger partial charge is 0.508 e. The summed E-state index contributed by atoms with van der Waals surface area (Å²) in [6.45, 7) is 9.85. The predicted octanol–water partition coefficient (Wildman–Crippen LogP) is 5.87. The molecule has 0 aliphatic carbocycles. The van der Waals surface area contributed by atoms with Crippen LogP contribution in [-0.2, 0) is 38.4 Å². The number of aldehydes is 1. The Morgan fingerprint density at radius 2 is 1.90 bits per heavy atom. The van der Waals surface area contributed by atoms with Crippen LogP contribution in [0.2, 0.25) is 0 Å². The predicted molar refractivity (Wildman–Crippen MR) is 165 cm³/mol. The van der Waals surface area contributed by atoms with E-state index in [0.29, 0.717) is 19.3 Å². The van der Waals surface area contributed by atoms with Gasteiger partial charge in [-0.15, -0.1) is 0 Å². The smallest absolute Gasteiger partial charge is 0.293 e. The first kappa shape index (κ1) is 30.9. The highest BCUT2D eigenvalue weighted by Crippen LogP contribution is 2.42. The van der Waals surface area contributed by atoms with Crippen molar-refractivity contribution in [3.05, 3.63) is 71.5 Å². The van der Waals surface area contributed by atoms with Gasteiger partial charge in [-0.3, -0.25) is 9.78 Å². The fourth-order valence-electron chi connectivity index (χ4n) is 5.72. The van der Waals surface area contributed by atoms with Gasteiger partial charge in [0.05, 0.1) is 24.4 Å². The van der Waals surface area contributed by atoms with Gasteiger partial charge in [0.2, 0.25) is 0 Å². The number of nitrogens with one attached hydrogen (secondary N) is 1. The van der Waals surface area contributed by atoms with E-state index in [4.69, 9.17) is 9.47 Å². The Bertz CT molecular complexity index is 1560. The summed E-state index contributed by atoms with van der Waals surface area (Å²) >= 11 is 0. The maximum absolute atomic E-state index is 11.4. The molecule has 2 unspecified atom stereocenters. The molecule has 4 aromatic rings. The summed E-state index contributed by atoms with van der Waals surface area (Å²) in [7, 11) is 3.45. The molecule has 0 spiro atoms. The third kappa shape index (κ3) is 6.55. The molecule has 8 nitrogen and oxygen atoms in total. The van der Waals surface area contributed by atoms with Gasteiger partial charge in [-0.05, 0) is 91.9 Å². The zero-order chi connectivity index (χ0) is 30.4. The monoisotopic (exact) mass is 571 g/mol. The van der Waals surface area contributed by atoms with Crippen LogP contribution >= 0.6 is 0 Å². The van der Waals surface area contributed by atoms with Crippen LogP contribution in [0.4, 0.5) is 0 Å². The number of aryl methyl sites for hydroxylation is 1. The molecule has 0 aliphatic heterocycles. The minimum absolute atomic E-state index is 0.139. The molecule has 8 heteroatoms. The van der Waals surface area contributed by atoms with Crippen LogP contribution in [0.1, 0.15) is 50.5 Å². The van der Waals surface area contributed by atoms with Crippen LogP contribution in [0.3, 0.4) is 0 Å². The number of aromatic nitrogens is 2. The quantitative estimate of drug-likeness (QED) is 0.182. The second-order valence-electron chi connectivity index (χ2n) is 11.5. The number of fused-ring (bicyclic) bond motifs is 1. The van der Waals surface area contributed by atoms with E-state index in [1.807, 2.05) is 25.3 Å². The summed E-state index contributed by atoms with van der Waals surface area (Å²) < 4.78 is 13.3. The molecule has 0 saturated carbocycles. The van der Waals surface area contributed by atoms with E-state index >= 15 is 0 Å². The molecule has 2 aromatic heterocycles. The number of carbonyl (C=O) groups excluding carboxylic acids is 2. The average Bonchev–Trinajstić information content (AvgIpc) is 3.29. The van der Waals surface area contributed by atoms with Crippen LogP contribution in [-0.4, -0.2) is 54.2 Å². The van der Waals surface area contributed by atoms with Gasteiger partial charge in [-0.1, -0.05) is 26.0 Å². The lowest BCUT2D eigenvalue weighted by molar-refractivity contribution is -0.131. The number of carbonyl (C=O) groups is 2. The number of ether oxygens (including phenoxy) is 2. The third-order valence-corrected chi connectivity index (χ3v) is 7.88. The van der Waals surface area contributed by atoms with Crippen molar-refractivity contribution in [2.75, 3.05) is 20.8 Å². The van der Waals surface area contributed by atoms with Gasteiger partial charge in [0.25, 0.3) is 6.47 Å². The first-order chi connectivity index (χ1) is 20.2. The second-order valence-corrected chi connectivity index (χ2v) is 11.5. The molecule has 2 aromatic carbocycles. The van der Waals surface area contributed by atoms with E-state index in [1.165, 1.54) is 0 Å². The zero-order valence-corrected chi connectivity index (χ0v) is 25.3. The Hall–Kier alpha value is -4.01. The van der Waals surface area contributed by atoms with Gasteiger partial charge in [-0.2, -0.15) is 0 Å². The Labute approximate surface area is 247 Å². The molecule has 2 heterocycles. The van der Waals surface area contributed by atoms with E-state index in [-0.39, 0.29) is 29.9 Å². The number of aromatic hydroxyl groups is 1. The lowest BCUT2D eigenvalue weighted by Gasteiger charge is -2.25. The Morgan fingerprint density at radius 1 is 1.12 bits per heavy atom. The fourth-order valence-corrected chi connectivity index (χ4v) is 5.72. The molecule has 0 amide bonds. The Kier molecular flexibility index (Phi) is 9.81. The summed E-state index contributed by atoms with van der Waals surface area (Å²) in [6.07, 6.45) is 5.54. The van der Waals surface area contributed by atoms with Crippen molar-refractivity contribution in [2.45, 2.75) is 59.2 Å². The van der Waals surface area contributed by atoms with Gasteiger partial charge in [0.1, 0.15) is 12.0 Å². The number of hydrogen-bond acceptors (Lipinski definition) is 7. The van der Waals surface area contributed by atoms with Crippen molar-refractivity contribution >= 4 is 23.7 Å². The van der Waals surface area contributed by atoms with E-state index < -0.39 is 0 Å².